The summed E-state index contributed by atoms with van der Waals surface area (Å²) < 4.78 is 38.2. The van der Waals surface area contributed by atoms with Crippen LogP contribution in [0.4, 0.5) is 13.2 Å². The minimum Gasteiger partial charge on any atom is -0.347 e. The fourth-order valence-electron chi connectivity index (χ4n) is 4.65. The number of piperazine rings is 1. The van der Waals surface area contributed by atoms with Gasteiger partial charge in [0.2, 0.25) is 5.91 Å². The zero-order chi connectivity index (χ0) is 22.8. The third-order valence-electron chi connectivity index (χ3n) is 6.58. The number of nitrogens with one attached hydrogen (secondary N) is 1. The lowest BCUT2D eigenvalue weighted by atomic mass is 9.94. The molecule has 2 aliphatic rings. The molecule has 0 spiro atoms. The van der Waals surface area contributed by atoms with Crippen LogP contribution in [0.25, 0.3) is 0 Å². The van der Waals surface area contributed by atoms with Crippen molar-refractivity contribution in [2.45, 2.75) is 50.5 Å². The number of hydrogen-bond acceptors (Lipinski definition) is 4. The Balaban J connectivity index is 1.40. The number of amides is 1. The van der Waals surface area contributed by atoms with Gasteiger partial charge in [-0.15, -0.1) is 0 Å². The third-order valence-corrected chi connectivity index (χ3v) is 6.58. The van der Waals surface area contributed by atoms with Crippen LogP contribution in [0.3, 0.4) is 0 Å². The first-order valence-corrected chi connectivity index (χ1v) is 11.2. The predicted octanol–water partition coefficient (Wildman–Crippen LogP) is 4.02. The molecular formula is C24H29F3N4O. The molecule has 1 amide bonds. The molecular weight excluding hydrogens is 417 g/mol. The van der Waals surface area contributed by atoms with E-state index in [0.717, 1.165) is 56.2 Å². The van der Waals surface area contributed by atoms with Crippen molar-refractivity contribution >= 4 is 5.91 Å². The van der Waals surface area contributed by atoms with Crippen LogP contribution in [0, 0.1) is 0 Å². The molecule has 1 aliphatic carbocycles. The number of benzene rings is 1. The van der Waals surface area contributed by atoms with E-state index in [1.807, 2.05) is 25.1 Å². The summed E-state index contributed by atoms with van der Waals surface area (Å²) in [6, 6.07) is 12.7. The van der Waals surface area contributed by atoms with Crippen LogP contribution in [0.1, 0.15) is 49.0 Å². The molecule has 1 N–H and O–H groups in total. The van der Waals surface area contributed by atoms with Crippen molar-refractivity contribution in [1.82, 2.24) is 20.1 Å². The van der Waals surface area contributed by atoms with E-state index in [2.05, 4.69) is 32.2 Å². The van der Waals surface area contributed by atoms with Crippen molar-refractivity contribution in [1.29, 1.82) is 0 Å². The highest BCUT2D eigenvalue weighted by Gasteiger charge is 2.55. The van der Waals surface area contributed by atoms with E-state index < -0.39 is 11.9 Å². The van der Waals surface area contributed by atoms with Gasteiger partial charge in [-0.25, -0.2) is 0 Å². The first-order chi connectivity index (χ1) is 15.3. The Morgan fingerprint density at radius 1 is 1.09 bits per heavy atom. The van der Waals surface area contributed by atoms with Crippen molar-refractivity contribution in [2.24, 2.45) is 0 Å². The average Bonchev–Trinajstić information content (AvgIpc) is 3.60. The Labute approximate surface area is 186 Å². The first-order valence-electron chi connectivity index (χ1n) is 11.2. The number of halogens is 3. The molecule has 1 aromatic heterocycles. The van der Waals surface area contributed by atoms with E-state index in [1.165, 1.54) is 12.3 Å². The maximum Gasteiger partial charge on any atom is 0.433 e. The normalized spacial score (nSPS) is 20.0. The van der Waals surface area contributed by atoms with Gasteiger partial charge in [-0.2, -0.15) is 13.2 Å². The van der Waals surface area contributed by atoms with Gasteiger partial charge in [-0.3, -0.25) is 19.6 Å². The summed E-state index contributed by atoms with van der Waals surface area (Å²) in [4.78, 5) is 20.6. The number of carbonyl (C=O) groups is 1. The predicted molar refractivity (Wildman–Crippen MR) is 116 cm³/mol. The summed E-state index contributed by atoms with van der Waals surface area (Å²) in [5.41, 5.74) is 0.992. The average molecular weight is 447 g/mol. The van der Waals surface area contributed by atoms with E-state index in [4.69, 9.17) is 0 Å². The molecule has 0 bridgehead atoms. The summed E-state index contributed by atoms with van der Waals surface area (Å²) in [5.74, 6) is 0.0542. The standard InChI is InChI=1S/C24H29F3N4O/c1-2-21(32)29-22(19-6-4-3-5-7-19)23(10-11-23)31-14-12-30(13-15-31)17-18-8-9-20(28-16-18)24(25,26)27/h3-9,16,22H,2,10-15,17H2,1H3,(H,29,32). The van der Waals surface area contributed by atoms with Gasteiger partial charge >= 0.3 is 6.18 Å². The molecule has 1 atom stereocenters. The van der Waals surface area contributed by atoms with Gasteiger partial charge in [-0.05, 0) is 30.0 Å². The lowest BCUT2D eigenvalue weighted by molar-refractivity contribution is -0.141. The van der Waals surface area contributed by atoms with Crippen LogP contribution in [0.5, 0.6) is 0 Å². The molecule has 5 nitrogen and oxygen atoms in total. The smallest absolute Gasteiger partial charge is 0.347 e. The number of nitrogens with zero attached hydrogens (tertiary/aromatic N) is 3. The van der Waals surface area contributed by atoms with E-state index in [0.29, 0.717) is 13.0 Å². The van der Waals surface area contributed by atoms with E-state index in [-0.39, 0.29) is 17.5 Å². The lowest BCUT2D eigenvalue weighted by Crippen LogP contribution is -2.55. The number of rotatable bonds is 7. The van der Waals surface area contributed by atoms with Crippen LogP contribution in [-0.4, -0.2) is 52.4 Å². The first kappa shape index (κ1) is 22.7. The number of carbonyl (C=O) groups excluding carboxylic acids is 1. The van der Waals surface area contributed by atoms with E-state index >= 15 is 0 Å². The van der Waals surface area contributed by atoms with Gasteiger partial charge in [-0.1, -0.05) is 43.3 Å². The van der Waals surface area contributed by atoms with Crippen molar-refractivity contribution in [3.63, 3.8) is 0 Å². The van der Waals surface area contributed by atoms with E-state index in [1.54, 1.807) is 0 Å². The van der Waals surface area contributed by atoms with E-state index in [9.17, 15) is 18.0 Å². The molecule has 4 rings (SSSR count). The topological polar surface area (TPSA) is 48.5 Å². The highest BCUT2D eigenvalue weighted by Crippen LogP contribution is 2.51. The molecule has 172 valence electrons. The van der Waals surface area contributed by atoms with Crippen molar-refractivity contribution in [3.05, 3.63) is 65.5 Å². The lowest BCUT2D eigenvalue weighted by Gasteiger charge is -2.43. The Hall–Kier alpha value is -2.45. The van der Waals surface area contributed by atoms with Crippen molar-refractivity contribution in [2.75, 3.05) is 26.2 Å². The van der Waals surface area contributed by atoms with Crippen LogP contribution in [0.2, 0.25) is 0 Å². The highest BCUT2D eigenvalue weighted by molar-refractivity contribution is 5.76. The van der Waals surface area contributed by atoms with Crippen LogP contribution in [-0.2, 0) is 17.5 Å². The summed E-state index contributed by atoms with van der Waals surface area (Å²) >= 11 is 0. The maximum atomic E-state index is 12.7. The Bertz CT molecular complexity index is 905. The number of pyridine rings is 1. The molecule has 32 heavy (non-hydrogen) atoms. The summed E-state index contributed by atoms with van der Waals surface area (Å²) in [6.07, 6.45) is -0.554. The molecule has 1 aromatic carbocycles. The monoisotopic (exact) mass is 446 g/mol. The molecule has 2 aromatic rings. The number of alkyl halides is 3. The summed E-state index contributed by atoms with van der Waals surface area (Å²) in [7, 11) is 0. The second kappa shape index (κ2) is 9.19. The zero-order valence-electron chi connectivity index (χ0n) is 18.2. The Kier molecular flexibility index (Phi) is 6.53. The van der Waals surface area contributed by atoms with Crippen LogP contribution in [0.15, 0.2) is 48.7 Å². The van der Waals surface area contributed by atoms with Gasteiger partial charge in [0, 0.05) is 50.9 Å². The summed E-state index contributed by atoms with van der Waals surface area (Å²) in [6.45, 7) is 5.82. The number of aromatic nitrogens is 1. The third kappa shape index (κ3) is 4.96. The molecule has 0 radical (unpaired) electrons. The quantitative estimate of drug-likeness (QED) is 0.698. The van der Waals surface area contributed by atoms with Gasteiger partial charge in [0.1, 0.15) is 5.69 Å². The minimum atomic E-state index is -4.41. The maximum absolute atomic E-state index is 12.7. The molecule has 1 saturated heterocycles. The van der Waals surface area contributed by atoms with Gasteiger partial charge in [0.15, 0.2) is 0 Å². The second-order valence-corrected chi connectivity index (χ2v) is 8.68. The van der Waals surface area contributed by atoms with Crippen LogP contribution < -0.4 is 5.32 Å². The largest absolute Gasteiger partial charge is 0.433 e. The zero-order valence-corrected chi connectivity index (χ0v) is 18.2. The molecule has 2 fully saturated rings. The molecule has 1 aliphatic heterocycles. The van der Waals surface area contributed by atoms with Gasteiger partial charge < -0.3 is 5.32 Å². The van der Waals surface area contributed by atoms with Gasteiger partial charge in [0.25, 0.3) is 0 Å². The van der Waals surface area contributed by atoms with Crippen molar-refractivity contribution in [3.8, 4) is 0 Å². The fourth-order valence-corrected chi connectivity index (χ4v) is 4.65. The van der Waals surface area contributed by atoms with Crippen LogP contribution >= 0.6 is 0 Å². The van der Waals surface area contributed by atoms with Crippen molar-refractivity contribution < 1.29 is 18.0 Å². The SMILES string of the molecule is CCC(=O)NC(c1ccccc1)C1(N2CCN(Cc3ccc(C(F)(F)F)nc3)CC2)CC1. The number of hydrogen-bond donors (Lipinski definition) is 1. The molecule has 2 heterocycles. The van der Waals surface area contributed by atoms with Gasteiger partial charge in [0.05, 0.1) is 6.04 Å². The second-order valence-electron chi connectivity index (χ2n) is 8.68. The Morgan fingerprint density at radius 3 is 2.31 bits per heavy atom. The fraction of sp³-hybridized carbons (Fsp3) is 0.500. The molecule has 8 heteroatoms. The summed E-state index contributed by atoms with van der Waals surface area (Å²) in [5, 5.41) is 3.26. The molecule has 1 saturated carbocycles. The minimum absolute atomic E-state index is 0.0400. The Morgan fingerprint density at radius 2 is 1.78 bits per heavy atom. The highest BCUT2D eigenvalue weighted by atomic mass is 19.4. The molecule has 1 unspecified atom stereocenters.